The summed E-state index contributed by atoms with van der Waals surface area (Å²) in [6, 6.07) is 6.03. The van der Waals surface area contributed by atoms with Crippen LogP contribution >= 0.6 is 0 Å². The number of furan rings is 1. The summed E-state index contributed by atoms with van der Waals surface area (Å²) in [5, 5.41) is 8.53. The third-order valence-corrected chi connectivity index (χ3v) is 2.50. The molecular weight excluding hydrogens is 178 g/mol. The van der Waals surface area contributed by atoms with Crippen LogP contribution in [-0.4, -0.2) is 6.10 Å². The number of nitriles is 1. The highest BCUT2D eigenvalue weighted by Gasteiger charge is 2.28. The Kier molecular flexibility index (Phi) is 2.55. The van der Waals surface area contributed by atoms with E-state index in [-0.39, 0.29) is 12.2 Å². The number of aryl methyl sites for hydroxylation is 1. The number of nitrogens with zero attached hydrogens (tertiary/aromatic N) is 1. The number of ether oxygens (including phenoxy) is 1. The van der Waals surface area contributed by atoms with Crippen LogP contribution in [0.1, 0.15) is 36.9 Å². The number of hydrogen-bond donors (Lipinski definition) is 0. The second-order valence-electron chi connectivity index (χ2n) is 3.63. The van der Waals surface area contributed by atoms with Crippen LogP contribution in [0.25, 0.3) is 0 Å². The zero-order valence-electron chi connectivity index (χ0n) is 8.19. The second-order valence-corrected chi connectivity index (χ2v) is 3.63. The maximum Gasteiger partial charge on any atom is 0.132 e. The Hall–Kier alpha value is -1.27. The first-order valence-corrected chi connectivity index (χ1v) is 4.88. The van der Waals surface area contributed by atoms with Crippen LogP contribution in [-0.2, 0) is 4.74 Å². The Morgan fingerprint density at radius 1 is 1.50 bits per heavy atom. The average Bonchev–Trinajstić information content (AvgIpc) is 2.74. The zero-order valence-corrected chi connectivity index (χ0v) is 8.19. The Morgan fingerprint density at radius 2 is 2.36 bits per heavy atom. The van der Waals surface area contributed by atoms with Crippen LogP contribution in [0, 0.1) is 18.3 Å². The van der Waals surface area contributed by atoms with Crippen molar-refractivity contribution in [2.75, 3.05) is 0 Å². The molecule has 1 aromatic heterocycles. The summed E-state index contributed by atoms with van der Waals surface area (Å²) in [4.78, 5) is 0. The van der Waals surface area contributed by atoms with Gasteiger partial charge in [0.25, 0.3) is 0 Å². The van der Waals surface area contributed by atoms with E-state index in [0.29, 0.717) is 6.42 Å². The first-order valence-electron chi connectivity index (χ1n) is 4.88. The van der Waals surface area contributed by atoms with Gasteiger partial charge in [-0.25, -0.2) is 0 Å². The standard InChI is InChI=1S/C11H13NO2/c1-8-2-4-10(13-8)11-5-3-9(14-11)6-7-12/h2,4,9,11H,3,5-6H2,1H3. The molecule has 3 nitrogen and oxygen atoms in total. The monoisotopic (exact) mass is 191 g/mol. The summed E-state index contributed by atoms with van der Waals surface area (Å²) in [7, 11) is 0. The van der Waals surface area contributed by atoms with Gasteiger partial charge in [-0.1, -0.05) is 0 Å². The van der Waals surface area contributed by atoms with E-state index >= 15 is 0 Å². The highest BCUT2D eigenvalue weighted by Crippen LogP contribution is 2.34. The Labute approximate surface area is 83.3 Å². The highest BCUT2D eigenvalue weighted by molar-refractivity contribution is 5.09. The zero-order chi connectivity index (χ0) is 9.97. The Morgan fingerprint density at radius 3 is 3.00 bits per heavy atom. The van der Waals surface area contributed by atoms with Crippen LogP contribution in [0.3, 0.4) is 0 Å². The van der Waals surface area contributed by atoms with Crippen molar-refractivity contribution < 1.29 is 9.15 Å². The van der Waals surface area contributed by atoms with Gasteiger partial charge in [0, 0.05) is 0 Å². The third kappa shape index (κ3) is 1.80. The van der Waals surface area contributed by atoms with Crippen LogP contribution in [0.4, 0.5) is 0 Å². The molecule has 0 amide bonds. The van der Waals surface area contributed by atoms with Gasteiger partial charge in [-0.3, -0.25) is 0 Å². The fraction of sp³-hybridized carbons (Fsp3) is 0.545. The normalized spacial score (nSPS) is 26.3. The number of rotatable bonds is 2. The summed E-state index contributed by atoms with van der Waals surface area (Å²) in [6.07, 6.45) is 2.55. The topological polar surface area (TPSA) is 46.2 Å². The van der Waals surface area contributed by atoms with E-state index in [1.807, 2.05) is 19.1 Å². The van der Waals surface area contributed by atoms with Gasteiger partial charge in [0.15, 0.2) is 0 Å². The van der Waals surface area contributed by atoms with Gasteiger partial charge in [0.1, 0.15) is 17.6 Å². The molecule has 1 saturated heterocycles. The fourth-order valence-corrected chi connectivity index (χ4v) is 1.79. The van der Waals surface area contributed by atoms with Crippen LogP contribution < -0.4 is 0 Å². The van der Waals surface area contributed by atoms with Gasteiger partial charge in [0.05, 0.1) is 18.6 Å². The van der Waals surface area contributed by atoms with Crippen molar-refractivity contribution in [2.24, 2.45) is 0 Å². The summed E-state index contributed by atoms with van der Waals surface area (Å²) >= 11 is 0. The minimum atomic E-state index is 0.0575. The van der Waals surface area contributed by atoms with Crippen molar-refractivity contribution >= 4 is 0 Å². The molecule has 0 N–H and O–H groups in total. The quantitative estimate of drug-likeness (QED) is 0.722. The lowest BCUT2D eigenvalue weighted by Gasteiger charge is -2.08. The molecule has 0 radical (unpaired) electrons. The van der Waals surface area contributed by atoms with E-state index < -0.39 is 0 Å². The molecule has 2 unspecified atom stereocenters. The van der Waals surface area contributed by atoms with Gasteiger partial charge >= 0.3 is 0 Å². The first-order chi connectivity index (χ1) is 6.79. The van der Waals surface area contributed by atoms with Gasteiger partial charge in [-0.05, 0) is 31.9 Å². The summed E-state index contributed by atoms with van der Waals surface area (Å²) < 4.78 is 11.2. The minimum Gasteiger partial charge on any atom is -0.464 e. The molecule has 0 aromatic carbocycles. The third-order valence-electron chi connectivity index (χ3n) is 2.50. The molecule has 0 bridgehead atoms. The molecular formula is C11H13NO2. The molecule has 2 atom stereocenters. The lowest BCUT2D eigenvalue weighted by Crippen LogP contribution is -2.04. The first kappa shape index (κ1) is 9.29. The van der Waals surface area contributed by atoms with Gasteiger partial charge in [-0.2, -0.15) is 5.26 Å². The summed E-state index contributed by atoms with van der Waals surface area (Å²) in [5.41, 5.74) is 0. The van der Waals surface area contributed by atoms with E-state index in [4.69, 9.17) is 14.4 Å². The fourth-order valence-electron chi connectivity index (χ4n) is 1.79. The molecule has 2 heterocycles. The minimum absolute atomic E-state index is 0.0575. The van der Waals surface area contributed by atoms with Gasteiger partial charge in [0.2, 0.25) is 0 Å². The van der Waals surface area contributed by atoms with Crippen LogP contribution in [0.5, 0.6) is 0 Å². The second kappa shape index (κ2) is 3.85. The molecule has 14 heavy (non-hydrogen) atoms. The molecule has 1 aromatic rings. The summed E-state index contributed by atoms with van der Waals surface area (Å²) in [5.74, 6) is 1.80. The molecule has 3 heteroatoms. The Balaban J connectivity index is 1.99. The molecule has 0 aliphatic carbocycles. The molecule has 1 aliphatic heterocycles. The maximum absolute atomic E-state index is 8.53. The van der Waals surface area contributed by atoms with Crippen molar-refractivity contribution in [2.45, 2.75) is 38.4 Å². The molecule has 0 spiro atoms. The van der Waals surface area contributed by atoms with E-state index in [0.717, 1.165) is 24.4 Å². The van der Waals surface area contributed by atoms with Crippen LogP contribution in [0.2, 0.25) is 0 Å². The lowest BCUT2D eigenvalue weighted by atomic mass is 10.1. The van der Waals surface area contributed by atoms with E-state index in [9.17, 15) is 0 Å². The smallest absolute Gasteiger partial charge is 0.132 e. The lowest BCUT2D eigenvalue weighted by molar-refractivity contribution is 0.0346. The van der Waals surface area contributed by atoms with Crippen molar-refractivity contribution in [1.82, 2.24) is 0 Å². The van der Waals surface area contributed by atoms with Crippen molar-refractivity contribution in [1.29, 1.82) is 5.26 Å². The predicted octanol–water partition coefficient (Wildman–Crippen LogP) is 2.72. The highest BCUT2D eigenvalue weighted by atomic mass is 16.5. The maximum atomic E-state index is 8.53. The molecule has 1 fully saturated rings. The number of hydrogen-bond acceptors (Lipinski definition) is 3. The van der Waals surface area contributed by atoms with E-state index in [2.05, 4.69) is 6.07 Å². The van der Waals surface area contributed by atoms with Crippen molar-refractivity contribution in [3.8, 4) is 6.07 Å². The SMILES string of the molecule is Cc1ccc(C2CCC(CC#N)O2)o1. The largest absolute Gasteiger partial charge is 0.464 e. The molecule has 2 rings (SSSR count). The van der Waals surface area contributed by atoms with Crippen molar-refractivity contribution in [3.05, 3.63) is 23.7 Å². The molecule has 1 aliphatic rings. The van der Waals surface area contributed by atoms with Gasteiger partial charge < -0.3 is 9.15 Å². The molecule has 74 valence electrons. The van der Waals surface area contributed by atoms with Gasteiger partial charge in [-0.15, -0.1) is 0 Å². The van der Waals surface area contributed by atoms with E-state index in [1.165, 1.54) is 0 Å². The molecule has 0 saturated carbocycles. The average molecular weight is 191 g/mol. The predicted molar refractivity (Wildman–Crippen MR) is 50.5 cm³/mol. The summed E-state index contributed by atoms with van der Waals surface area (Å²) in [6.45, 7) is 1.92. The van der Waals surface area contributed by atoms with E-state index in [1.54, 1.807) is 0 Å². The van der Waals surface area contributed by atoms with Crippen molar-refractivity contribution in [3.63, 3.8) is 0 Å². The van der Waals surface area contributed by atoms with Crippen LogP contribution in [0.15, 0.2) is 16.5 Å². The Bertz CT molecular complexity index is 350.